The number of hydrogen-bond donors (Lipinski definition) is 1. The normalized spacial score (nSPS) is 17.7. The van der Waals surface area contributed by atoms with Crippen LogP contribution in [0.5, 0.6) is 0 Å². The van der Waals surface area contributed by atoms with Crippen LogP contribution >= 0.6 is 0 Å². The quantitative estimate of drug-likeness (QED) is 0.774. The monoisotopic (exact) mass is 203 g/mol. The molecule has 1 nitrogen and oxygen atoms in total. The van der Waals surface area contributed by atoms with Crippen molar-refractivity contribution in [2.24, 2.45) is 5.92 Å². The highest BCUT2D eigenvalue weighted by atomic mass is 14.9. The summed E-state index contributed by atoms with van der Waals surface area (Å²) in [5.41, 5.74) is 2.96. The van der Waals surface area contributed by atoms with E-state index < -0.39 is 0 Å². The van der Waals surface area contributed by atoms with Gasteiger partial charge in [0.05, 0.1) is 0 Å². The molecular weight excluding hydrogens is 182 g/mol. The van der Waals surface area contributed by atoms with Gasteiger partial charge in [-0.15, -0.1) is 0 Å². The van der Waals surface area contributed by atoms with Crippen LogP contribution in [0, 0.1) is 5.92 Å². The van der Waals surface area contributed by atoms with Crippen molar-refractivity contribution in [2.75, 3.05) is 7.05 Å². The van der Waals surface area contributed by atoms with E-state index in [0.29, 0.717) is 6.04 Å². The SMILES string of the molecule is CCCc1cccc(C(NC)C2CC2)c1. The molecule has 82 valence electrons. The second kappa shape index (κ2) is 4.80. The number of hydrogen-bond acceptors (Lipinski definition) is 1. The first-order chi connectivity index (χ1) is 7.35. The highest BCUT2D eigenvalue weighted by Gasteiger charge is 2.30. The molecule has 0 bridgehead atoms. The Balaban J connectivity index is 2.14. The molecule has 1 unspecified atom stereocenters. The van der Waals surface area contributed by atoms with Gasteiger partial charge in [-0.1, -0.05) is 37.6 Å². The first-order valence-corrected chi connectivity index (χ1v) is 6.11. The number of rotatable bonds is 5. The molecule has 2 rings (SSSR count). The molecule has 0 heterocycles. The van der Waals surface area contributed by atoms with Crippen molar-refractivity contribution in [1.82, 2.24) is 5.32 Å². The van der Waals surface area contributed by atoms with Crippen LogP contribution in [0.2, 0.25) is 0 Å². The smallest absolute Gasteiger partial charge is 0.0346 e. The standard InChI is InChI=1S/C14H21N/c1-3-5-11-6-4-7-13(10-11)14(15-2)12-8-9-12/h4,6-7,10,12,14-15H,3,5,8-9H2,1-2H3. The van der Waals surface area contributed by atoms with Gasteiger partial charge in [0.15, 0.2) is 0 Å². The van der Waals surface area contributed by atoms with Crippen LogP contribution in [-0.2, 0) is 6.42 Å². The molecule has 0 saturated heterocycles. The van der Waals surface area contributed by atoms with Crippen molar-refractivity contribution in [3.05, 3.63) is 35.4 Å². The van der Waals surface area contributed by atoms with E-state index in [2.05, 4.69) is 43.6 Å². The third-order valence-electron chi connectivity index (χ3n) is 3.25. The van der Waals surface area contributed by atoms with Gasteiger partial charge in [0, 0.05) is 6.04 Å². The maximum absolute atomic E-state index is 3.45. The van der Waals surface area contributed by atoms with Gasteiger partial charge in [0.2, 0.25) is 0 Å². The lowest BCUT2D eigenvalue weighted by Gasteiger charge is -2.16. The Hall–Kier alpha value is -0.820. The Labute approximate surface area is 92.9 Å². The fraction of sp³-hybridized carbons (Fsp3) is 0.571. The van der Waals surface area contributed by atoms with Crippen LogP contribution < -0.4 is 5.32 Å². The lowest BCUT2D eigenvalue weighted by atomic mass is 9.99. The molecule has 1 aromatic carbocycles. The Morgan fingerprint density at radius 3 is 2.80 bits per heavy atom. The molecule has 0 radical (unpaired) electrons. The zero-order valence-electron chi connectivity index (χ0n) is 9.79. The predicted octanol–water partition coefficient (Wildman–Crippen LogP) is 3.31. The van der Waals surface area contributed by atoms with Gasteiger partial charge in [0.1, 0.15) is 0 Å². The van der Waals surface area contributed by atoms with Crippen LogP contribution in [0.15, 0.2) is 24.3 Å². The third-order valence-corrected chi connectivity index (χ3v) is 3.25. The minimum absolute atomic E-state index is 0.585. The van der Waals surface area contributed by atoms with Crippen molar-refractivity contribution >= 4 is 0 Å². The van der Waals surface area contributed by atoms with Crippen LogP contribution in [-0.4, -0.2) is 7.05 Å². The first kappa shape index (κ1) is 10.7. The van der Waals surface area contributed by atoms with Gasteiger partial charge in [-0.25, -0.2) is 0 Å². The molecule has 1 fully saturated rings. The average molecular weight is 203 g/mol. The van der Waals surface area contributed by atoms with Crippen molar-refractivity contribution in [1.29, 1.82) is 0 Å². The molecule has 0 spiro atoms. The third kappa shape index (κ3) is 2.60. The van der Waals surface area contributed by atoms with Gasteiger partial charge in [-0.3, -0.25) is 0 Å². The van der Waals surface area contributed by atoms with E-state index in [-0.39, 0.29) is 0 Å². The minimum atomic E-state index is 0.585. The Morgan fingerprint density at radius 1 is 1.40 bits per heavy atom. The Morgan fingerprint density at radius 2 is 2.20 bits per heavy atom. The molecule has 1 atom stereocenters. The second-order valence-electron chi connectivity index (χ2n) is 4.60. The van der Waals surface area contributed by atoms with E-state index in [1.54, 1.807) is 0 Å². The first-order valence-electron chi connectivity index (χ1n) is 6.11. The summed E-state index contributed by atoms with van der Waals surface area (Å²) in [6, 6.07) is 9.67. The van der Waals surface area contributed by atoms with Gasteiger partial charge in [-0.2, -0.15) is 0 Å². The predicted molar refractivity (Wildman–Crippen MR) is 65.0 cm³/mol. The fourth-order valence-corrected chi connectivity index (χ4v) is 2.33. The molecule has 0 amide bonds. The lowest BCUT2D eigenvalue weighted by Crippen LogP contribution is -2.18. The van der Waals surface area contributed by atoms with Crippen molar-refractivity contribution in [3.63, 3.8) is 0 Å². The molecule has 0 aromatic heterocycles. The van der Waals surface area contributed by atoms with Crippen LogP contribution in [0.25, 0.3) is 0 Å². The summed E-state index contributed by atoms with van der Waals surface area (Å²) in [7, 11) is 2.08. The topological polar surface area (TPSA) is 12.0 Å². The number of nitrogens with one attached hydrogen (secondary N) is 1. The van der Waals surface area contributed by atoms with E-state index in [1.165, 1.54) is 36.8 Å². The molecule has 1 aliphatic rings. The molecule has 1 N–H and O–H groups in total. The van der Waals surface area contributed by atoms with Gasteiger partial charge in [0.25, 0.3) is 0 Å². The fourth-order valence-electron chi connectivity index (χ4n) is 2.33. The van der Waals surface area contributed by atoms with E-state index in [1.807, 2.05) is 0 Å². The molecule has 1 aromatic rings. The van der Waals surface area contributed by atoms with E-state index in [0.717, 1.165) is 5.92 Å². The van der Waals surface area contributed by atoms with Gasteiger partial charge >= 0.3 is 0 Å². The summed E-state index contributed by atoms with van der Waals surface area (Å²) in [6.07, 6.45) is 5.22. The van der Waals surface area contributed by atoms with Crippen molar-refractivity contribution < 1.29 is 0 Å². The summed E-state index contributed by atoms with van der Waals surface area (Å²) in [4.78, 5) is 0. The average Bonchev–Trinajstić information content (AvgIpc) is 3.04. The van der Waals surface area contributed by atoms with Crippen LogP contribution in [0.4, 0.5) is 0 Å². The summed E-state index contributed by atoms with van der Waals surface area (Å²) >= 11 is 0. The highest BCUT2D eigenvalue weighted by Crippen LogP contribution is 2.40. The zero-order chi connectivity index (χ0) is 10.7. The molecule has 15 heavy (non-hydrogen) atoms. The summed E-state index contributed by atoms with van der Waals surface area (Å²) in [6.45, 7) is 2.24. The zero-order valence-corrected chi connectivity index (χ0v) is 9.79. The Bertz CT molecular complexity index is 315. The van der Waals surface area contributed by atoms with Crippen LogP contribution in [0.3, 0.4) is 0 Å². The van der Waals surface area contributed by atoms with Crippen molar-refractivity contribution in [3.8, 4) is 0 Å². The Kier molecular flexibility index (Phi) is 3.42. The largest absolute Gasteiger partial charge is 0.313 e. The van der Waals surface area contributed by atoms with E-state index in [4.69, 9.17) is 0 Å². The summed E-state index contributed by atoms with van der Waals surface area (Å²) < 4.78 is 0. The van der Waals surface area contributed by atoms with E-state index >= 15 is 0 Å². The van der Waals surface area contributed by atoms with E-state index in [9.17, 15) is 0 Å². The summed E-state index contributed by atoms with van der Waals surface area (Å²) in [5.74, 6) is 0.881. The molecule has 1 heteroatoms. The number of benzene rings is 1. The molecule has 1 aliphatic carbocycles. The van der Waals surface area contributed by atoms with Gasteiger partial charge in [-0.05, 0) is 43.4 Å². The second-order valence-corrected chi connectivity index (χ2v) is 4.60. The maximum Gasteiger partial charge on any atom is 0.0346 e. The van der Waals surface area contributed by atoms with Crippen molar-refractivity contribution in [2.45, 2.75) is 38.6 Å². The summed E-state index contributed by atoms with van der Waals surface area (Å²) in [5, 5.41) is 3.45. The molecule has 0 aliphatic heterocycles. The molecule has 1 saturated carbocycles. The minimum Gasteiger partial charge on any atom is -0.313 e. The van der Waals surface area contributed by atoms with Crippen LogP contribution in [0.1, 0.15) is 43.4 Å². The number of aryl methyl sites for hydroxylation is 1. The highest BCUT2D eigenvalue weighted by molar-refractivity contribution is 5.27. The lowest BCUT2D eigenvalue weighted by molar-refractivity contribution is 0.528. The maximum atomic E-state index is 3.45. The van der Waals surface area contributed by atoms with Gasteiger partial charge < -0.3 is 5.32 Å². The molecular formula is C14H21N.